The number of hydrogen-bond donors (Lipinski definition) is 0. The second-order valence-electron chi connectivity index (χ2n) is 11.5. The van der Waals surface area contributed by atoms with Crippen LogP contribution in [-0.4, -0.2) is 63.2 Å². The van der Waals surface area contributed by atoms with E-state index in [1.165, 1.54) is 24.1 Å². The monoisotopic (exact) mass is 557 g/mol. The molecule has 0 N–H and O–H groups in total. The maximum Gasteiger partial charge on any atom is 0.318 e. The van der Waals surface area contributed by atoms with Gasteiger partial charge in [-0.2, -0.15) is 9.97 Å². The molecule has 0 bridgehead atoms. The Morgan fingerprint density at radius 1 is 1.05 bits per heavy atom. The Hall–Kier alpha value is -3.36. The number of hydrogen-bond acceptors (Lipinski definition) is 7. The van der Waals surface area contributed by atoms with Crippen molar-refractivity contribution in [1.82, 2.24) is 24.4 Å². The predicted octanol–water partition coefficient (Wildman–Crippen LogP) is 5.31. The summed E-state index contributed by atoms with van der Waals surface area (Å²) in [5.74, 6) is 1.01. The van der Waals surface area contributed by atoms with Gasteiger partial charge in [0.1, 0.15) is 12.4 Å². The molecule has 208 valence electrons. The highest BCUT2D eigenvalue weighted by Gasteiger charge is 2.31. The fourth-order valence-corrected chi connectivity index (χ4v) is 6.88. The molecule has 40 heavy (non-hydrogen) atoms. The summed E-state index contributed by atoms with van der Waals surface area (Å²) in [6.45, 7) is 7.22. The van der Waals surface area contributed by atoms with E-state index in [9.17, 15) is 0 Å². The Morgan fingerprint density at radius 2 is 1.93 bits per heavy atom. The van der Waals surface area contributed by atoms with E-state index in [0.29, 0.717) is 25.2 Å². The van der Waals surface area contributed by atoms with Gasteiger partial charge in [-0.1, -0.05) is 42.3 Å². The number of benzene rings is 2. The molecule has 0 amide bonds. The molecule has 3 aliphatic rings. The highest BCUT2D eigenvalue weighted by molar-refractivity contribution is 6.36. The van der Waals surface area contributed by atoms with Gasteiger partial charge < -0.3 is 24.0 Å². The number of halogens is 1. The van der Waals surface area contributed by atoms with E-state index < -0.39 is 0 Å². The molecule has 2 aromatic heterocycles. The third kappa shape index (κ3) is 4.67. The smallest absolute Gasteiger partial charge is 0.318 e. The standard InChI is InChI=1S/C31H36ClN7O/c1-21-16-38-20-33-15-24(38)17-39(21)30-25-12-14-37(28-11-6-8-22-7-5-10-26(32)29(22)28)18-27(25)34-31(35-30)40-19-23-9-3-4-13-36(23)2/h5-8,10-11,15,20-21,23H,3-4,9,12-14,16-19H2,1-2H3/t21-,23+/m1/s1. The maximum atomic E-state index is 6.72. The number of imidazole rings is 1. The molecule has 4 aromatic rings. The molecule has 2 aromatic carbocycles. The van der Waals surface area contributed by atoms with E-state index in [-0.39, 0.29) is 6.04 Å². The Kier molecular flexibility index (Phi) is 6.76. The minimum absolute atomic E-state index is 0.285. The minimum Gasteiger partial charge on any atom is -0.462 e. The highest BCUT2D eigenvalue weighted by Crippen LogP contribution is 2.38. The van der Waals surface area contributed by atoms with Crippen molar-refractivity contribution in [2.45, 2.75) is 64.3 Å². The molecular weight excluding hydrogens is 522 g/mol. The Morgan fingerprint density at radius 3 is 2.80 bits per heavy atom. The molecule has 7 rings (SSSR count). The molecule has 0 unspecified atom stereocenters. The molecule has 0 saturated carbocycles. The summed E-state index contributed by atoms with van der Waals surface area (Å²) < 4.78 is 8.63. The lowest BCUT2D eigenvalue weighted by molar-refractivity contribution is 0.119. The average molecular weight is 558 g/mol. The fourth-order valence-electron chi connectivity index (χ4n) is 6.60. The normalized spacial score (nSPS) is 21.4. The third-order valence-electron chi connectivity index (χ3n) is 8.92. The molecule has 0 aliphatic carbocycles. The van der Waals surface area contributed by atoms with Crippen LogP contribution in [0.1, 0.15) is 43.1 Å². The second kappa shape index (κ2) is 10.6. The maximum absolute atomic E-state index is 6.72. The van der Waals surface area contributed by atoms with Crippen LogP contribution in [0.4, 0.5) is 11.5 Å². The summed E-state index contributed by atoms with van der Waals surface area (Å²) in [5.41, 5.74) is 4.62. The Balaban J connectivity index is 1.25. The van der Waals surface area contributed by atoms with Crippen LogP contribution in [-0.2, 0) is 26.1 Å². The summed E-state index contributed by atoms with van der Waals surface area (Å²) >= 11 is 6.72. The van der Waals surface area contributed by atoms with E-state index in [0.717, 1.165) is 72.0 Å². The van der Waals surface area contributed by atoms with Crippen LogP contribution in [0.2, 0.25) is 5.02 Å². The SMILES string of the molecule is C[C@@H]1Cn2cncc2CN1c1nc(OC[C@@H]2CCCCN2C)nc2c1CCN(c1cccc3cccc(Cl)c13)C2. The van der Waals surface area contributed by atoms with E-state index >= 15 is 0 Å². The van der Waals surface area contributed by atoms with Gasteiger partial charge in [-0.3, -0.25) is 0 Å². The van der Waals surface area contributed by atoms with Crippen LogP contribution in [0.25, 0.3) is 10.8 Å². The third-order valence-corrected chi connectivity index (χ3v) is 9.23. The molecule has 5 heterocycles. The Labute approximate surface area is 240 Å². The van der Waals surface area contributed by atoms with Crippen molar-refractivity contribution in [2.24, 2.45) is 0 Å². The summed E-state index contributed by atoms with van der Waals surface area (Å²) in [4.78, 5) is 21.8. The van der Waals surface area contributed by atoms with Gasteiger partial charge in [0, 0.05) is 48.0 Å². The van der Waals surface area contributed by atoms with Crippen LogP contribution in [0.3, 0.4) is 0 Å². The van der Waals surface area contributed by atoms with Crippen molar-refractivity contribution in [3.8, 4) is 6.01 Å². The lowest BCUT2D eigenvalue weighted by Gasteiger charge is -2.39. The molecular formula is C31H36ClN7O. The number of ether oxygens (including phenoxy) is 1. The van der Waals surface area contributed by atoms with Gasteiger partial charge >= 0.3 is 6.01 Å². The second-order valence-corrected chi connectivity index (χ2v) is 11.9. The molecule has 1 saturated heterocycles. The number of fused-ring (bicyclic) bond motifs is 3. The molecule has 0 radical (unpaired) electrons. The van der Waals surface area contributed by atoms with Gasteiger partial charge in [0.25, 0.3) is 0 Å². The first kappa shape index (κ1) is 25.6. The van der Waals surface area contributed by atoms with Gasteiger partial charge in [0.05, 0.1) is 35.8 Å². The van der Waals surface area contributed by atoms with Crippen molar-refractivity contribution in [2.75, 3.05) is 36.5 Å². The van der Waals surface area contributed by atoms with Crippen LogP contribution < -0.4 is 14.5 Å². The Bertz CT molecular complexity index is 1530. The molecule has 1 fully saturated rings. The van der Waals surface area contributed by atoms with Crippen molar-refractivity contribution in [3.05, 3.63) is 70.9 Å². The van der Waals surface area contributed by atoms with Gasteiger partial charge in [-0.15, -0.1) is 0 Å². The zero-order chi connectivity index (χ0) is 27.2. The van der Waals surface area contributed by atoms with Gasteiger partial charge in [-0.05, 0) is 57.3 Å². The fraction of sp³-hybridized carbons (Fsp3) is 0.452. The number of likely N-dealkylation sites (N-methyl/N-ethyl adjacent to an activating group) is 1. The van der Waals surface area contributed by atoms with Gasteiger partial charge in [0.15, 0.2) is 0 Å². The zero-order valence-corrected chi connectivity index (χ0v) is 24.0. The first-order chi connectivity index (χ1) is 19.5. The molecule has 0 spiro atoms. The number of nitrogens with zero attached hydrogens (tertiary/aromatic N) is 7. The number of anilines is 2. The van der Waals surface area contributed by atoms with Crippen molar-refractivity contribution in [1.29, 1.82) is 0 Å². The molecule has 2 atom stereocenters. The van der Waals surface area contributed by atoms with Crippen LogP contribution in [0, 0.1) is 0 Å². The van der Waals surface area contributed by atoms with E-state index in [2.05, 4.69) is 62.5 Å². The molecule has 9 heteroatoms. The van der Waals surface area contributed by atoms with E-state index in [4.69, 9.17) is 26.3 Å². The molecule has 8 nitrogen and oxygen atoms in total. The number of rotatable bonds is 5. The van der Waals surface area contributed by atoms with Gasteiger partial charge in [-0.25, -0.2) is 4.98 Å². The van der Waals surface area contributed by atoms with E-state index in [1.54, 1.807) is 0 Å². The number of piperidine rings is 1. The van der Waals surface area contributed by atoms with Crippen molar-refractivity contribution < 1.29 is 4.74 Å². The lowest BCUT2D eigenvalue weighted by atomic mass is 10.0. The minimum atomic E-state index is 0.285. The van der Waals surface area contributed by atoms with Crippen LogP contribution in [0.5, 0.6) is 6.01 Å². The topological polar surface area (TPSA) is 62.6 Å². The largest absolute Gasteiger partial charge is 0.462 e. The van der Waals surface area contributed by atoms with E-state index in [1.807, 2.05) is 24.7 Å². The summed E-state index contributed by atoms with van der Waals surface area (Å²) in [5, 5.41) is 3.03. The zero-order valence-electron chi connectivity index (χ0n) is 23.3. The first-order valence-electron chi connectivity index (χ1n) is 14.5. The van der Waals surface area contributed by atoms with Crippen molar-refractivity contribution in [3.63, 3.8) is 0 Å². The van der Waals surface area contributed by atoms with Gasteiger partial charge in [0.2, 0.25) is 0 Å². The number of aromatic nitrogens is 4. The van der Waals surface area contributed by atoms with Crippen LogP contribution >= 0.6 is 11.6 Å². The summed E-state index contributed by atoms with van der Waals surface area (Å²) in [7, 11) is 2.19. The van der Waals surface area contributed by atoms with Crippen LogP contribution in [0.15, 0.2) is 48.9 Å². The lowest BCUT2D eigenvalue weighted by Crippen LogP contribution is -2.43. The average Bonchev–Trinajstić information content (AvgIpc) is 3.43. The number of likely N-dealkylation sites (tertiary alicyclic amines) is 1. The summed E-state index contributed by atoms with van der Waals surface area (Å²) in [6, 6.07) is 13.7. The predicted molar refractivity (Wildman–Crippen MR) is 159 cm³/mol. The summed E-state index contributed by atoms with van der Waals surface area (Å²) in [6.07, 6.45) is 8.41. The first-order valence-corrected chi connectivity index (χ1v) is 14.8. The highest BCUT2D eigenvalue weighted by atomic mass is 35.5. The molecule has 3 aliphatic heterocycles. The van der Waals surface area contributed by atoms with Crippen molar-refractivity contribution >= 4 is 33.9 Å². The quantitative estimate of drug-likeness (QED) is 0.329.